The zero-order valence-corrected chi connectivity index (χ0v) is 19.7. The molecule has 0 bridgehead atoms. The first-order valence-electron chi connectivity index (χ1n) is 10.8. The minimum atomic E-state index is -1.62. The molecule has 1 amide bonds. The quantitative estimate of drug-likeness (QED) is 0.203. The van der Waals surface area contributed by atoms with Gasteiger partial charge in [-0.1, -0.05) is 0 Å². The van der Waals surface area contributed by atoms with Crippen molar-refractivity contribution in [3.8, 4) is 17.2 Å². The van der Waals surface area contributed by atoms with Crippen molar-refractivity contribution in [2.45, 2.75) is 46.0 Å². The lowest BCUT2D eigenvalue weighted by atomic mass is 9.70. The van der Waals surface area contributed by atoms with E-state index >= 15 is 0 Å². The highest BCUT2D eigenvalue weighted by Gasteiger charge is 2.56. The van der Waals surface area contributed by atoms with Crippen LogP contribution in [0.25, 0.3) is 0 Å². The van der Waals surface area contributed by atoms with Crippen LogP contribution in [0, 0.1) is 6.92 Å². The summed E-state index contributed by atoms with van der Waals surface area (Å²) >= 11 is 0. The summed E-state index contributed by atoms with van der Waals surface area (Å²) in [5, 5.41) is 35.1. The van der Waals surface area contributed by atoms with Crippen molar-refractivity contribution in [2.24, 2.45) is 0 Å². The maximum absolute atomic E-state index is 13.6. The van der Waals surface area contributed by atoms with Crippen LogP contribution in [0.2, 0.25) is 0 Å². The Morgan fingerprint density at radius 2 is 1.66 bits per heavy atom. The number of nitrogens with one attached hydrogen (secondary N) is 2. The van der Waals surface area contributed by atoms with Crippen molar-refractivity contribution in [1.29, 1.82) is 0 Å². The number of hydrogen-bond donors (Lipinski definition) is 5. The summed E-state index contributed by atoms with van der Waals surface area (Å²) in [6.07, 6.45) is 0.867. The maximum Gasteiger partial charge on any atom is 0.305 e. The number of carbonyl (C=O) groups excluding carboxylic acids is 4. The van der Waals surface area contributed by atoms with E-state index in [2.05, 4.69) is 10.6 Å². The number of ether oxygens (including phenoxy) is 1. The highest BCUT2D eigenvalue weighted by molar-refractivity contribution is 6.31. The standard InChI is InChI=1S/C24H26N2O9/c1-10-20(32)18(12(3)27)22-19(21(10)33)24(4)14(35-22)9-13(28)17(23(24)34)11(2)25-7-5-15(29)26-8-6-16(30)31/h9,25,32-33H,5-8H2,1-4H3,(H,26,29)(H,30,31)/t24-/m0/s1. The molecule has 11 nitrogen and oxygen atoms in total. The Labute approximate surface area is 200 Å². The van der Waals surface area contributed by atoms with Gasteiger partial charge in [-0.15, -0.1) is 0 Å². The second-order valence-corrected chi connectivity index (χ2v) is 8.56. The number of rotatable bonds is 8. The molecule has 0 aromatic heterocycles. The number of amides is 1. The van der Waals surface area contributed by atoms with Gasteiger partial charge in [0.05, 0.1) is 17.6 Å². The number of ketones is 3. The van der Waals surface area contributed by atoms with E-state index in [-0.39, 0.29) is 65.4 Å². The van der Waals surface area contributed by atoms with E-state index in [1.165, 1.54) is 27.7 Å². The van der Waals surface area contributed by atoms with Gasteiger partial charge in [0.2, 0.25) is 5.91 Å². The molecule has 1 aromatic rings. The van der Waals surface area contributed by atoms with Gasteiger partial charge in [0.15, 0.2) is 17.3 Å². The van der Waals surface area contributed by atoms with Crippen LogP contribution in [0.15, 0.2) is 23.1 Å². The Bertz CT molecular complexity index is 1240. The summed E-state index contributed by atoms with van der Waals surface area (Å²) in [6, 6.07) is 0. The van der Waals surface area contributed by atoms with Crippen LogP contribution >= 0.6 is 0 Å². The summed E-state index contributed by atoms with van der Waals surface area (Å²) in [5.41, 5.74) is -1.83. The first-order valence-corrected chi connectivity index (χ1v) is 10.8. The van der Waals surface area contributed by atoms with Crippen molar-refractivity contribution >= 4 is 29.2 Å². The van der Waals surface area contributed by atoms with Gasteiger partial charge in [-0.05, 0) is 27.7 Å². The Morgan fingerprint density at radius 3 is 2.26 bits per heavy atom. The van der Waals surface area contributed by atoms with E-state index in [1.54, 1.807) is 0 Å². The first kappa shape index (κ1) is 25.5. The fourth-order valence-electron chi connectivity index (χ4n) is 4.21. The Morgan fingerprint density at radius 1 is 1.03 bits per heavy atom. The smallest absolute Gasteiger partial charge is 0.305 e. The van der Waals surface area contributed by atoms with E-state index in [1.807, 2.05) is 0 Å². The Balaban J connectivity index is 1.92. The Hall–Kier alpha value is -4.15. The SMILES string of the molecule is CC(=O)c1c(O)c(C)c(O)c2c1OC1=CC(=O)C(=C(C)NCCC(=O)NCCC(=O)O)C(=O)[C@@]12C. The van der Waals surface area contributed by atoms with E-state index < -0.39 is 46.1 Å². The lowest BCUT2D eigenvalue weighted by molar-refractivity contribution is -0.137. The third kappa shape index (κ3) is 4.25. The number of aromatic hydroxyl groups is 2. The van der Waals surface area contributed by atoms with Gasteiger partial charge in [-0.25, -0.2) is 0 Å². The molecular formula is C24H26N2O9. The van der Waals surface area contributed by atoms with Gasteiger partial charge in [0, 0.05) is 36.8 Å². The van der Waals surface area contributed by atoms with Gasteiger partial charge in [-0.3, -0.25) is 24.0 Å². The van der Waals surface area contributed by atoms with Crippen molar-refractivity contribution in [1.82, 2.24) is 10.6 Å². The van der Waals surface area contributed by atoms with Crippen LogP contribution in [0.3, 0.4) is 0 Å². The van der Waals surface area contributed by atoms with Crippen LogP contribution in [0.5, 0.6) is 17.2 Å². The molecule has 2 aliphatic rings. The number of aliphatic carboxylic acids is 1. The third-order valence-electron chi connectivity index (χ3n) is 6.16. The average molecular weight is 486 g/mol. The number of carboxylic acid groups (broad SMARTS) is 1. The molecule has 0 saturated heterocycles. The van der Waals surface area contributed by atoms with Crippen molar-refractivity contribution in [2.75, 3.05) is 13.1 Å². The lowest BCUT2D eigenvalue weighted by Gasteiger charge is -2.29. The van der Waals surface area contributed by atoms with E-state index in [0.29, 0.717) is 0 Å². The number of phenols is 2. The van der Waals surface area contributed by atoms with Crippen molar-refractivity contribution in [3.05, 3.63) is 39.8 Å². The number of Topliss-reactive ketones (excluding diaryl/α,β-unsaturated/α-hetero) is 2. The normalized spacial score (nSPS) is 19.8. The molecule has 3 rings (SSSR count). The van der Waals surface area contributed by atoms with Gasteiger partial charge < -0.3 is 30.7 Å². The van der Waals surface area contributed by atoms with Crippen LogP contribution in [0.1, 0.15) is 55.1 Å². The predicted molar refractivity (Wildman–Crippen MR) is 121 cm³/mol. The number of phenolic OH excluding ortho intramolecular Hbond substituents is 2. The summed E-state index contributed by atoms with van der Waals surface area (Å²) in [4.78, 5) is 61.0. The van der Waals surface area contributed by atoms with Gasteiger partial charge >= 0.3 is 5.97 Å². The molecule has 11 heteroatoms. The second-order valence-electron chi connectivity index (χ2n) is 8.56. The molecule has 1 aliphatic heterocycles. The molecule has 0 spiro atoms. The molecule has 5 N–H and O–H groups in total. The molecular weight excluding hydrogens is 460 g/mol. The Kier molecular flexibility index (Phi) is 6.73. The van der Waals surface area contributed by atoms with Crippen LogP contribution in [0.4, 0.5) is 0 Å². The zero-order chi connectivity index (χ0) is 26.2. The molecule has 0 saturated carbocycles. The monoisotopic (exact) mass is 486 g/mol. The minimum Gasteiger partial charge on any atom is -0.507 e. The van der Waals surface area contributed by atoms with E-state index in [4.69, 9.17) is 9.84 Å². The number of hydrogen-bond acceptors (Lipinski definition) is 9. The van der Waals surface area contributed by atoms with Gasteiger partial charge in [0.1, 0.15) is 34.0 Å². The maximum atomic E-state index is 13.6. The number of carbonyl (C=O) groups is 5. The molecule has 1 atom stereocenters. The van der Waals surface area contributed by atoms with Crippen LogP contribution in [-0.2, 0) is 24.6 Å². The number of allylic oxidation sites excluding steroid dienone is 4. The molecule has 0 fully saturated rings. The molecule has 35 heavy (non-hydrogen) atoms. The van der Waals surface area contributed by atoms with Gasteiger partial charge in [-0.2, -0.15) is 0 Å². The highest BCUT2D eigenvalue weighted by Crippen LogP contribution is 2.57. The van der Waals surface area contributed by atoms with E-state index in [9.17, 15) is 34.2 Å². The summed E-state index contributed by atoms with van der Waals surface area (Å²) in [5.74, 6) is -4.44. The lowest BCUT2D eigenvalue weighted by Crippen LogP contribution is -2.41. The fraction of sp³-hybridized carbons (Fsp3) is 0.375. The number of fused-ring (bicyclic) bond motifs is 3. The molecule has 1 aromatic carbocycles. The first-order chi connectivity index (χ1) is 16.3. The highest BCUT2D eigenvalue weighted by atomic mass is 16.5. The zero-order valence-electron chi connectivity index (χ0n) is 19.7. The molecule has 186 valence electrons. The van der Waals surface area contributed by atoms with Gasteiger partial charge in [0.25, 0.3) is 0 Å². The second kappa shape index (κ2) is 9.24. The fourth-order valence-corrected chi connectivity index (χ4v) is 4.21. The number of benzene rings is 1. The number of carboxylic acids is 1. The molecule has 0 unspecified atom stereocenters. The summed E-state index contributed by atoms with van der Waals surface area (Å²) in [6.45, 7) is 5.61. The average Bonchev–Trinajstić information content (AvgIpc) is 3.04. The van der Waals surface area contributed by atoms with E-state index in [0.717, 1.165) is 6.08 Å². The predicted octanol–water partition coefficient (Wildman–Crippen LogP) is 1.14. The topological polar surface area (TPSA) is 179 Å². The van der Waals surface area contributed by atoms with Crippen LogP contribution < -0.4 is 15.4 Å². The minimum absolute atomic E-state index is 0.000915. The molecule has 1 aliphatic carbocycles. The molecule has 1 heterocycles. The van der Waals surface area contributed by atoms with Crippen LogP contribution in [-0.4, -0.2) is 57.6 Å². The summed E-state index contributed by atoms with van der Waals surface area (Å²) < 4.78 is 5.70. The molecule has 0 radical (unpaired) electrons. The largest absolute Gasteiger partial charge is 0.507 e. The van der Waals surface area contributed by atoms with Crippen molar-refractivity contribution in [3.63, 3.8) is 0 Å². The third-order valence-corrected chi connectivity index (χ3v) is 6.16. The summed E-state index contributed by atoms with van der Waals surface area (Å²) in [7, 11) is 0. The van der Waals surface area contributed by atoms with Crippen molar-refractivity contribution < 1.29 is 44.0 Å².